The van der Waals surface area contributed by atoms with Gasteiger partial charge in [0.2, 0.25) is 0 Å². The van der Waals surface area contributed by atoms with Gasteiger partial charge in [-0.3, -0.25) is 0 Å². The number of benzene rings is 1. The maximum absolute atomic E-state index is 5.60. The van der Waals surface area contributed by atoms with Crippen molar-refractivity contribution in [2.75, 3.05) is 19.8 Å². The fourth-order valence-corrected chi connectivity index (χ4v) is 3.19. The van der Waals surface area contributed by atoms with Crippen molar-refractivity contribution < 1.29 is 4.74 Å². The highest BCUT2D eigenvalue weighted by Crippen LogP contribution is 2.30. The number of ether oxygens (including phenoxy) is 1. The third-order valence-corrected chi connectivity index (χ3v) is 4.40. The summed E-state index contributed by atoms with van der Waals surface area (Å²) in [5, 5.41) is 3.74. The van der Waals surface area contributed by atoms with Crippen LogP contribution in [-0.2, 0) is 17.6 Å². The highest BCUT2D eigenvalue weighted by atomic mass is 16.5. The van der Waals surface area contributed by atoms with Crippen LogP contribution < -0.4 is 5.32 Å². The molecule has 0 aromatic heterocycles. The highest BCUT2D eigenvalue weighted by Gasteiger charge is 2.26. The molecule has 1 heterocycles. The van der Waals surface area contributed by atoms with Crippen LogP contribution in [0.4, 0.5) is 0 Å². The van der Waals surface area contributed by atoms with Gasteiger partial charge in [-0.2, -0.15) is 0 Å². The molecule has 112 valence electrons. The Morgan fingerprint density at radius 1 is 1.20 bits per heavy atom. The van der Waals surface area contributed by atoms with Crippen molar-refractivity contribution in [3.05, 3.63) is 34.9 Å². The molecular formula is C18H29NO. The smallest absolute Gasteiger partial charge is 0.0513 e. The Hall–Kier alpha value is -0.860. The Bertz CT molecular complexity index is 410. The standard InChI is InChI=1S/C18H29NO/c1-4-10-19-18(17-9-11-20-13-17)16-8-7-14(5-2)15(6-3)12-16/h7-8,12,17-19H,4-6,9-11,13H2,1-3H3. The van der Waals surface area contributed by atoms with Gasteiger partial charge in [0.1, 0.15) is 0 Å². The predicted molar refractivity (Wildman–Crippen MR) is 85.2 cm³/mol. The SMILES string of the molecule is CCCNC(c1ccc(CC)c(CC)c1)C1CCOC1. The lowest BCUT2D eigenvalue weighted by Gasteiger charge is -2.25. The Morgan fingerprint density at radius 3 is 2.60 bits per heavy atom. The second kappa shape index (κ2) is 7.80. The second-order valence-electron chi connectivity index (χ2n) is 5.79. The van der Waals surface area contributed by atoms with E-state index in [1.54, 1.807) is 0 Å². The lowest BCUT2D eigenvalue weighted by Crippen LogP contribution is -2.29. The van der Waals surface area contributed by atoms with Crippen molar-refractivity contribution >= 4 is 0 Å². The van der Waals surface area contributed by atoms with Crippen molar-refractivity contribution in [3.63, 3.8) is 0 Å². The van der Waals surface area contributed by atoms with E-state index in [2.05, 4.69) is 44.3 Å². The summed E-state index contributed by atoms with van der Waals surface area (Å²) in [6, 6.07) is 7.52. The molecule has 1 fully saturated rings. The maximum Gasteiger partial charge on any atom is 0.0513 e. The van der Waals surface area contributed by atoms with Crippen LogP contribution in [0.1, 0.15) is 56.3 Å². The zero-order valence-electron chi connectivity index (χ0n) is 13.2. The van der Waals surface area contributed by atoms with Gasteiger partial charge in [0.15, 0.2) is 0 Å². The van der Waals surface area contributed by atoms with Gasteiger partial charge < -0.3 is 10.1 Å². The van der Waals surface area contributed by atoms with E-state index in [1.807, 2.05) is 0 Å². The monoisotopic (exact) mass is 275 g/mol. The minimum Gasteiger partial charge on any atom is -0.381 e. The summed E-state index contributed by atoms with van der Waals surface area (Å²) in [5.74, 6) is 0.624. The van der Waals surface area contributed by atoms with Gasteiger partial charge in [-0.05, 0) is 48.9 Å². The van der Waals surface area contributed by atoms with Gasteiger partial charge in [0.25, 0.3) is 0 Å². The van der Waals surface area contributed by atoms with E-state index in [0.29, 0.717) is 12.0 Å². The van der Waals surface area contributed by atoms with Gasteiger partial charge in [-0.15, -0.1) is 0 Å². The Labute approximate surface area is 123 Å². The third-order valence-electron chi connectivity index (χ3n) is 4.40. The summed E-state index contributed by atoms with van der Waals surface area (Å²) < 4.78 is 5.60. The molecule has 1 N–H and O–H groups in total. The average molecular weight is 275 g/mol. The minimum absolute atomic E-state index is 0.452. The largest absolute Gasteiger partial charge is 0.381 e. The first-order valence-corrected chi connectivity index (χ1v) is 8.22. The molecule has 20 heavy (non-hydrogen) atoms. The van der Waals surface area contributed by atoms with Crippen LogP contribution in [0.25, 0.3) is 0 Å². The molecule has 0 aliphatic carbocycles. The molecule has 2 nitrogen and oxygen atoms in total. The number of nitrogens with one attached hydrogen (secondary N) is 1. The van der Waals surface area contributed by atoms with Crippen LogP contribution in [0.5, 0.6) is 0 Å². The molecule has 0 spiro atoms. The lowest BCUT2D eigenvalue weighted by molar-refractivity contribution is 0.176. The van der Waals surface area contributed by atoms with Crippen molar-refractivity contribution in [2.45, 2.75) is 52.5 Å². The number of hydrogen-bond acceptors (Lipinski definition) is 2. The molecule has 1 saturated heterocycles. The van der Waals surface area contributed by atoms with Gasteiger partial charge in [-0.1, -0.05) is 39.0 Å². The first-order chi connectivity index (χ1) is 9.80. The van der Waals surface area contributed by atoms with Crippen LogP contribution in [0.2, 0.25) is 0 Å². The van der Waals surface area contributed by atoms with Gasteiger partial charge >= 0.3 is 0 Å². The summed E-state index contributed by atoms with van der Waals surface area (Å²) >= 11 is 0. The first-order valence-electron chi connectivity index (χ1n) is 8.22. The predicted octanol–water partition coefficient (Wildman–Crippen LogP) is 3.89. The lowest BCUT2D eigenvalue weighted by atomic mass is 9.89. The molecule has 0 radical (unpaired) electrons. The quantitative estimate of drug-likeness (QED) is 0.815. The highest BCUT2D eigenvalue weighted by molar-refractivity contribution is 5.34. The molecule has 1 aromatic carbocycles. The Morgan fingerprint density at radius 2 is 2.00 bits per heavy atom. The summed E-state index contributed by atoms with van der Waals surface area (Å²) in [4.78, 5) is 0. The zero-order chi connectivity index (χ0) is 14.4. The number of aryl methyl sites for hydroxylation is 2. The first kappa shape index (κ1) is 15.5. The molecule has 2 atom stereocenters. The Balaban J connectivity index is 2.22. The fourth-order valence-electron chi connectivity index (χ4n) is 3.19. The average Bonchev–Trinajstić information content (AvgIpc) is 3.01. The van der Waals surface area contributed by atoms with Crippen molar-refractivity contribution in [1.82, 2.24) is 5.32 Å². The molecule has 0 bridgehead atoms. The normalized spacial score (nSPS) is 20.2. The number of rotatable bonds is 7. The molecule has 2 unspecified atom stereocenters. The summed E-state index contributed by atoms with van der Waals surface area (Å²) in [5.41, 5.74) is 4.45. The molecule has 1 aliphatic rings. The van der Waals surface area contributed by atoms with Crippen molar-refractivity contribution in [3.8, 4) is 0 Å². The van der Waals surface area contributed by atoms with Gasteiger partial charge in [0.05, 0.1) is 6.61 Å². The van der Waals surface area contributed by atoms with E-state index in [0.717, 1.165) is 32.6 Å². The van der Waals surface area contributed by atoms with E-state index >= 15 is 0 Å². The molecule has 2 heteroatoms. The van der Waals surface area contributed by atoms with E-state index < -0.39 is 0 Å². The maximum atomic E-state index is 5.60. The molecule has 0 saturated carbocycles. The third kappa shape index (κ3) is 3.62. The van der Waals surface area contributed by atoms with E-state index in [-0.39, 0.29) is 0 Å². The van der Waals surface area contributed by atoms with Crippen LogP contribution in [-0.4, -0.2) is 19.8 Å². The van der Waals surface area contributed by atoms with E-state index in [9.17, 15) is 0 Å². The molecule has 2 rings (SSSR count). The zero-order valence-corrected chi connectivity index (χ0v) is 13.2. The van der Waals surface area contributed by atoms with Crippen molar-refractivity contribution in [1.29, 1.82) is 0 Å². The molecule has 0 amide bonds. The molecule has 1 aliphatic heterocycles. The van der Waals surface area contributed by atoms with Crippen LogP contribution in [0, 0.1) is 5.92 Å². The number of hydrogen-bond donors (Lipinski definition) is 1. The van der Waals surface area contributed by atoms with E-state index in [1.165, 1.54) is 29.5 Å². The summed E-state index contributed by atoms with van der Waals surface area (Å²) in [6.07, 6.45) is 4.61. The topological polar surface area (TPSA) is 21.3 Å². The van der Waals surface area contributed by atoms with Gasteiger partial charge in [-0.25, -0.2) is 0 Å². The van der Waals surface area contributed by atoms with Crippen molar-refractivity contribution in [2.24, 2.45) is 5.92 Å². The second-order valence-corrected chi connectivity index (χ2v) is 5.79. The summed E-state index contributed by atoms with van der Waals surface area (Å²) in [6.45, 7) is 9.63. The van der Waals surface area contributed by atoms with Crippen LogP contribution >= 0.6 is 0 Å². The minimum atomic E-state index is 0.452. The Kier molecular flexibility index (Phi) is 6.06. The van der Waals surface area contributed by atoms with Crippen LogP contribution in [0.3, 0.4) is 0 Å². The van der Waals surface area contributed by atoms with Gasteiger partial charge in [0, 0.05) is 18.6 Å². The summed E-state index contributed by atoms with van der Waals surface area (Å²) in [7, 11) is 0. The van der Waals surface area contributed by atoms with Crippen LogP contribution in [0.15, 0.2) is 18.2 Å². The van der Waals surface area contributed by atoms with E-state index in [4.69, 9.17) is 4.74 Å². The molecule has 1 aromatic rings. The molecular weight excluding hydrogens is 246 g/mol. The fraction of sp³-hybridized carbons (Fsp3) is 0.667.